The van der Waals surface area contributed by atoms with E-state index in [4.69, 9.17) is 20.8 Å². The lowest BCUT2D eigenvalue weighted by molar-refractivity contribution is -0.0543. The molecule has 0 spiro atoms. The quantitative estimate of drug-likeness (QED) is 0.917. The molecule has 0 amide bonds. The molecular weight excluding hydrogens is 252 g/mol. The maximum atomic E-state index is 10.0. The zero-order valence-corrected chi connectivity index (χ0v) is 11.5. The number of halogens is 1. The van der Waals surface area contributed by atoms with Gasteiger partial charge < -0.3 is 14.3 Å². The molecule has 2 rings (SSSR count). The first-order chi connectivity index (χ1) is 8.35. The van der Waals surface area contributed by atoms with Gasteiger partial charge >= 0.3 is 0 Å². The van der Waals surface area contributed by atoms with Crippen LogP contribution in [-0.2, 0) is 4.74 Å². The standard InChI is InChI=1S/C14H17ClO3/c1-14(2,3)17-8-11(16)13-7-9-6-10(15)4-5-12(9)18-13/h4-7,11,16H,8H2,1-3H3. The van der Waals surface area contributed by atoms with Crippen molar-refractivity contribution in [1.29, 1.82) is 0 Å². The molecule has 0 saturated heterocycles. The van der Waals surface area contributed by atoms with E-state index in [2.05, 4.69) is 0 Å². The van der Waals surface area contributed by atoms with Crippen LogP contribution in [0.3, 0.4) is 0 Å². The second kappa shape index (κ2) is 4.92. The van der Waals surface area contributed by atoms with Crippen LogP contribution in [0.25, 0.3) is 11.0 Å². The van der Waals surface area contributed by atoms with Crippen molar-refractivity contribution in [2.75, 3.05) is 6.61 Å². The maximum absolute atomic E-state index is 10.0. The molecule has 98 valence electrons. The summed E-state index contributed by atoms with van der Waals surface area (Å²) in [7, 11) is 0. The van der Waals surface area contributed by atoms with Crippen LogP contribution in [0.5, 0.6) is 0 Å². The smallest absolute Gasteiger partial charge is 0.136 e. The van der Waals surface area contributed by atoms with Crippen molar-refractivity contribution in [1.82, 2.24) is 0 Å². The minimum absolute atomic E-state index is 0.205. The Morgan fingerprint density at radius 1 is 1.33 bits per heavy atom. The van der Waals surface area contributed by atoms with Crippen LogP contribution in [0.2, 0.25) is 5.02 Å². The number of rotatable bonds is 3. The van der Waals surface area contributed by atoms with E-state index < -0.39 is 6.10 Å². The second-order valence-corrected chi connectivity index (χ2v) is 5.71. The van der Waals surface area contributed by atoms with E-state index in [-0.39, 0.29) is 12.2 Å². The molecule has 1 aromatic carbocycles. The molecule has 0 radical (unpaired) electrons. The summed E-state index contributed by atoms with van der Waals surface area (Å²) >= 11 is 5.90. The molecule has 0 fully saturated rings. The van der Waals surface area contributed by atoms with Crippen LogP contribution >= 0.6 is 11.6 Å². The Labute approximate surface area is 111 Å². The fourth-order valence-corrected chi connectivity index (χ4v) is 1.79. The third kappa shape index (κ3) is 3.25. The summed E-state index contributed by atoms with van der Waals surface area (Å²) in [6, 6.07) is 7.15. The molecular formula is C14H17ClO3. The number of ether oxygens (including phenoxy) is 1. The lowest BCUT2D eigenvalue weighted by Crippen LogP contribution is -2.22. The van der Waals surface area contributed by atoms with Crippen LogP contribution in [0.15, 0.2) is 28.7 Å². The Morgan fingerprint density at radius 3 is 2.72 bits per heavy atom. The molecule has 1 atom stereocenters. The highest BCUT2D eigenvalue weighted by Crippen LogP contribution is 2.27. The zero-order chi connectivity index (χ0) is 13.3. The Hall–Kier alpha value is -1.03. The van der Waals surface area contributed by atoms with Gasteiger partial charge in [-0.2, -0.15) is 0 Å². The SMILES string of the molecule is CC(C)(C)OCC(O)c1cc2cc(Cl)ccc2o1. The minimum Gasteiger partial charge on any atom is -0.458 e. The van der Waals surface area contributed by atoms with Crippen LogP contribution in [-0.4, -0.2) is 17.3 Å². The van der Waals surface area contributed by atoms with Gasteiger partial charge in [-0.25, -0.2) is 0 Å². The van der Waals surface area contributed by atoms with E-state index in [9.17, 15) is 5.11 Å². The number of furan rings is 1. The maximum Gasteiger partial charge on any atom is 0.136 e. The molecule has 4 heteroatoms. The number of aliphatic hydroxyl groups excluding tert-OH is 1. The van der Waals surface area contributed by atoms with Crippen LogP contribution in [0.4, 0.5) is 0 Å². The molecule has 1 N–H and O–H groups in total. The number of aliphatic hydroxyl groups is 1. The fourth-order valence-electron chi connectivity index (χ4n) is 1.61. The molecule has 0 saturated carbocycles. The van der Waals surface area contributed by atoms with Gasteiger partial charge in [-0.15, -0.1) is 0 Å². The summed E-state index contributed by atoms with van der Waals surface area (Å²) < 4.78 is 11.1. The molecule has 0 aliphatic rings. The molecule has 1 heterocycles. The number of fused-ring (bicyclic) bond motifs is 1. The first-order valence-corrected chi connectivity index (χ1v) is 6.24. The van der Waals surface area contributed by atoms with Gasteiger partial charge in [0.1, 0.15) is 17.4 Å². The number of hydrogen-bond donors (Lipinski definition) is 1. The van der Waals surface area contributed by atoms with Crippen molar-refractivity contribution in [2.24, 2.45) is 0 Å². The van der Waals surface area contributed by atoms with Gasteiger partial charge in [0.15, 0.2) is 0 Å². The average Bonchev–Trinajstić information content (AvgIpc) is 2.67. The summed E-state index contributed by atoms with van der Waals surface area (Å²) in [5, 5.41) is 11.5. The van der Waals surface area contributed by atoms with E-state index in [1.54, 1.807) is 24.3 Å². The summed E-state index contributed by atoms with van der Waals surface area (Å²) in [4.78, 5) is 0. The van der Waals surface area contributed by atoms with E-state index >= 15 is 0 Å². The summed E-state index contributed by atoms with van der Waals surface area (Å²) in [6.07, 6.45) is -0.768. The number of benzene rings is 1. The monoisotopic (exact) mass is 268 g/mol. The first-order valence-electron chi connectivity index (χ1n) is 5.86. The van der Waals surface area contributed by atoms with Crippen LogP contribution in [0.1, 0.15) is 32.6 Å². The zero-order valence-electron chi connectivity index (χ0n) is 10.7. The largest absolute Gasteiger partial charge is 0.458 e. The predicted molar refractivity (Wildman–Crippen MR) is 71.9 cm³/mol. The Kier molecular flexibility index (Phi) is 3.66. The minimum atomic E-state index is -0.768. The summed E-state index contributed by atoms with van der Waals surface area (Å²) in [6.45, 7) is 6.03. The van der Waals surface area contributed by atoms with Crippen molar-refractivity contribution < 1.29 is 14.3 Å². The topological polar surface area (TPSA) is 42.6 Å². The summed E-state index contributed by atoms with van der Waals surface area (Å²) in [5.41, 5.74) is 0.431. The summed E-state index contributed by atoms with van der Waals surface area (Å²) in [5.74, 6) is 0.497. The average molecular weight is 269 g/mol. The van der Waals surface area contributed by atoms with Gasteiger partial charge in [-0.05, 0) is 45.0 Å². The third-order valence-electron chi connectivity index (χ3n) is 2.50. The van der Waals surface area contributed by atoms with Gasteiger partial charge in [0, 0.05) is 10.4 Å². The van der Waals surface area contributed by atoms with Crippen molar-refractivity contribution in [3.8, 4) is 0 Å². The van der Waals surface area contributed by atoms with Crippen LogP contribution < -0.4 is 0 Å². The highest BCUT2D eigenvalue weighted by Gasteiger charge is 2.18. The van der Waals surface area contributed by atoms with E-state index in [1.165, 1.54) is 0 Å². The molecule has 0 aliphatic carbocycles. The van der Waals surface area contributed by atoms with Gasteiger partial charge in [-0.1, -0.05) is 11.6 Å². The lowest BCUT2D eigenvalue weighted by Gasteiger charge is -2.21. The first kappa shape index (κ1) is 13.4. The lowest BCUT2D eigenvalue weighted by atomic mass is 10.2. The molecule has 2 aromatic rings. The van der Waals surface area contributed by atoms with Crippen molar-refractivity contribution in [3.05, 3.63) is 35.0 Å². The van der Waals surface area contributed by atoms with Crippen molar-refractivity contribution in [2.45, 2.75) is 32.5 Å². The molecule has 0 aliphatic heterocycles. The fraction of sp³-hybridized carbons (Fsp3) is 0.429. The molecule has 18 heavy (non-hydrogen) atoms. The van der Waals surface area contributed by atoms with Crippen LogP contribution in [0, 0.1) is 0 Å². The van der Waals surface area contributed by atoms with E-state index in [1.807, 2.05) is 20.8 Å². The van der Waals surface area contributed by atoms with Gasteiger partial charge in [-0.3, -0.25) is 0 Å². The van der Waals surface area contributed by atoms with E-state index in [0.29, 0.717) is 16.4 Å². The normalized spacial score (nSPS) is 14.1. The second-order valence-electron chi connectivity index (χ2n) is 5.27. The van der Waals surface area contributed by atoms with E-state index in [0.717, 1.165) is 5.39 Å². The van der Waals surface area contributed by atoms with Gasteiger partial charge in [0.2, 0.25) is 0 Å². The third-order valence-corrected chi connectivity index (χ3v) is 2.74. The Balaban J connectivity index is 2.15. The van der Waals surface area contributed by atoms with Gasteiger partial charge in [0.05, 0.1) is 12.2 Å². The molecule has 1 aromatic heterocycles. The van der Waals surface area contributed by atoms with Crippen molar-refractivity contribution in [3.63, 3.8) is 0 Å². The molecule has 0 bridgehead atoms. The Morgan fingerprint density at radius 2 is 2.06 bits per heavy atom. The highest BCUT2D eigenvalue weighted by atomic mass is 35.5. The highest BCUT2D eigenvalue weighted by molar-refractivity contribution is 6.31. The van der Waals surface area contributed by atoms with Crippen molar-refractivity contribution >= 4 is 22.6 Å². The molecule has 1 unspecified atom stereocenters. The molecule has 3 nitrogen and oxygen atoms in total. The van der Waals surface area contributed by atoms with Gasteiger partial charge in [0.25, 0.3) is 0 Å². The Bertz CT molecular complexity index is 539. The predicted octanol–water partition coefficient (Wildman–Crippen LogP) is 3.93. The number of hydrogen-bond acceptors (Lipinski definition) is 3.